The maximum atomic E-state index is 14.8. The topological polar surface area (TPSA) is 166 Å². The van der Waals surface area contributed by atoms with Crippen molar-refractivity contribution in [3.05, 3.63) is 53.3 Å². The van der Waals surface area contributed by atoms with E-state index >= 15 is 0 Å². The number of allylic oxidation sites excluding steroid dienone is 2. The summed E-state index contributed by atoms with van der Waals surface area (Å²) >= 11 is 7.91. The van der Waals surface area contributed by atoms with Gasteiger partial charge >= 0.3 is 0 Å². The molecule has 1 saturated heterocycles. The summed E-state index contributed by atoms with van der Waals surface area (Å²) in [5.74, 6) is -0.585. The normalized spacial score (nSPS) is 24.5. The van der Waals surface area contributed by atoms with E-state index in [9.17, 15) is 19.2 Å². The predicted octanol–water partition coefficient (Wildman–Crippen LogP) is 6.45. The van der Waals surface area contributed by atoms with Gasteiger partial charge in [-0.3, -0.25) is 28.6 Å². The van der Waals surface area contributed by atoms with Crippen LogP contribution in [0.3, 0.4) is 0 Å². The van der Waals surface area contributed by atoms with Gasteiger partial charge in [0.05, 0.1) is 24.8 Å². The highest BCUT2D eigenvalue weighted by atomic mass is 35.5. The van der Waals surface area contributed by atoms with Crippen molar-refractivity contribution < 1.29 is 33.4 Å². The third-order valence-corrected chi connectivity index (χ3v) is 12.6. The van der Waals surface area contributed by atoms with E-state index in [0.29, 0.717) is 65.4 Å². The minimum absolute atomic E-state index is 0.0205. The molecule has 4 atom stereocenters. The number of ether oxygens (including phenoxy) is 3. The van der Waals surface area contributed by atoms with Crippen molar-refractivity contribution in [2.24, 2.45) is 7.05 Å². The number of carbonyl (C=O) groups excluding carboxylic acids is 4. The van der Waals surface area contributed by atoms with Crippen LogP contribution in [0.1, 0.15) is 109 Å². The van der Waals surface area contributed by atoms with Gasteiger partial charge in [0.25, 0.3) is 11.8 Å². The maximum absolute atomic E-state index is 14.8. The summed E-state index contributed by atoms with van der Waals surface area (Å²) in [6.07, 6.45) is 12.0. The minimum atomic E-state index is -1.24. The number of pyridine rings is 1. The molecule has 14 nitrogen and oxygen atoms in total. The molecule has 6 rings (SSSR count). The number of methoxy groups -OCH3 is 1. The molecule has 0 radical (unpaired) electrons. The number of benzene rings is 1. The Balaban J connectivity index is 1.36. The van der Waals surface area contributed by atoms with E-state index < -0.39 is 41.4 Å². The number of nitrogens with zero attached hydrogens (tertiary/aromatic N) is 4. The number of aromatic nitrogens is 3. The molecule has 3 aromatic rings. The quantitative estimate of drug-likeness (QED) is 0.144. The lowest BCUT2D eigenvalue weighted by molar-refractivity contribution is -0.142. The zero-order valence-corrected chi connectivity index (χ0v) is 35.8. The molecule has 2 aliphatic heterocycles. The van der Waals surface area contributed by atoms with Gasteiger partial charge in [-0.15, -0.1) is 0 Å². The second-order valence-electron chi connectivity index (χ2n) is 16.0. The lowest BCUT2D eigenvalue weighted by Crippen LogP contribution is -2.62. The van der Waals surface area contributed by atoms with Gasteiger partial charge in [-0.05, 0) is 102 Å². The van der Waals surface area contributed by atoms with Gasteiger partial charge in [0.15, 0.2) is 5.75 Å². The second-order valence-corrected chi connectivity index (χ2v) is 17.8. The Morgan fingerprint density at radius 1 is 1.10 bits per heavy atom. The van der Waals surface area contributed by atoms with Crippen LogP contribution in [0.4, 0.5) is 0 Å². The molecule has 3 N–H and O–H groups in total. The summed E-state index contributed by atoms with van der Waals surface area (Å²) < 4.78 is 22.9. The zero-order valence-electron chi connectivity index (χ0n) is 34.3. The van der Waals surface area contributed by atoms with Gasteiger partial charge in [-0.2, -0.15) is 5.10 Å². The highest BCUT2D eigenvalue weighted by Gasteiger charge is 2.48. The molecular formula is C42H56ClN7O7S. The molecule has 2 aromatic heterocycles. The summed E-state index contributed by atoms with van der Waals surface area (Å²) in [6, 6.07) is 4.78. The Morgan fingerprint density at radius 3 is 2.57 bits per heavy atom. The smallest absolute Gasteiger partial charge is 0.272 e. The lowest BCUT2D eigenvalue weighted by atomic mass is 9.88. The molecule has 0 unspecified atom stereocenters. The lowest BCUT2D eigenvalue weighted by Gasteiger charge is -2.35. The molecule has 58 heavy (non-hydrogen) atoms. The molecule has 0 bridgehead atoms. The van der Waals surface area contributed by atoms with Gasteiger partial charge < -0.3 is 29.7 Å². The van der Waals surface area contributed by atoms with Crippen LogP contribution in [0.15, 0.2) is 42.6 Å². The molecule has 2 fully saturated rings. The van der Waals surface area contributed by atoms with Crippen molar-refractivity contribution in [3.63, 3.8) is 0 Å². The van der Waals surface area contributed by atoms with Crippen LogP contribution < -0.4 is 29.6 Å². The molecular weight excluding hydrogens is 782 g/mol. The first-order valence-corrected chi connectivity index (χ1v) is 21.5. The van der Waals surface area contributed by atoms with E-state index in [4.69, 9.17) is 25.8 Å². The molecule has 1 saturated carbocycles. The zero-order chi connectivity index (χ0) is 41.6. The van der Waals surface area contributed by atoms with Crippen molar-refractivity contribution in [2.75, 3.05) is 13.7 Å². The average Bonchev–Trinajstić information content (AvgIpc) is 3.53. The third-order valence-electron chi connectivity index (χ3n) is 11.1. The SMILES string of the molecule is CC[C@@]1(C(=O)NSC2(C)CC2)CC/C=C\CCCCC[C@H](NC(=O)c2ccn(C)n2)C(=O)N2C[C@H](Oc3cc(OC(C)C)nc4c(OC)c(Cl)ccc34)C[C@H]2C(=O)N1. The van der Waals surface area contributed by atoms with Crippen LogP contribution in [0.2, 0.25) is 5.02 Å². The number of nitrogens with one attached hydrogen (secondary N) is 3. The van der Waals surface area contributed by atoms with Crippen LogP contribution in [-0.4, -0.2) is 91.5 Å². The van der Waals surface area contributed by atoms with Crippen LogP contribution in [0.25, 0.3) is 10.9 Å². The van der Waals surface area contributed by atoms with Crippen LogP contribution in [0.5, 0.6) is 17.4 Å². The van der Waals surface area contributed by atoms with Crippen molar-refractivity contribution in [1.29, 1.82) is 0 Å². The molecule has 3 aliphatic rings. The molecule has 0 spiro atoms. The van der Waals surface area contributed by atoms with Gasteiger partial charge in [-0.1, -0.05) is 43.5 Å². The van der Waals surface area contributed by atoms with E-state index in [0.717, 1.165) is 32.1 Å². The first kappa shape index (κ1) is 43.1. The monoisotopic (exact) mass is 837 g/mol. The number of rotatable bonds is 11. The third kappa shape index (κ3) is 10.2. The Kier molecular flexibility index (Phi) is 13.8. The van der Waals surface area contributed by atoms with Gasteiger partial charge in [0.2, 0.25) is 17.7 Å². The van der Waals surface area contributed by atoms with Gasteiger partial charge in [0, 0.05) is 35.9 Å². The van der Waals surface area contributed by atoms with Crippen molar-refractivity contribution in [3.8, 4) is 17.4 Å². The number of fused-ring (bicyclic) bond motifs is 2. The summed E-state index contributed by atoms with van der Waals surface area (Å²) in [4.78, 5) is 63.4. The van der Waals surface area contributed by atoms with Gasteiger partial charge in [-0.25, -0.2) is 4.98 Å². The number of hydrogen-bond acceptors (Lipinski definition) is 10. The number of amides is 4. The van der Waals surface area contributed by atoms with E-state index in [2.05, 4.69) is 44.5 Å². The van der Waals surface area contributed by atoms with Gasteiger partial charge in [0.1, 0.15) is 40.7 Å². The largest absolute Gasteiger partial charge is 0.493 e. The maximum Gasteiger partial charge on any atom is 0.272 e. The summed E-state index contributed by atoms with van der Waals surface area (Å²) in [6.45, 7) is 7.80. The Morgan fingerprint density at radius 2 is 1.88 bits per heavy atom. The molecule has 4 amide bonds. The fourth-order valence-corrected chi connectivity index (χ4v) is 8.51. The Bertz CT molecular complexity index is 2020. The van der Waals surface area contributed by atoms with E-state index in [1.54, 1.807) is 37.5 Å². The van der Waals surface area contributed by atoms with Crippen molar-refractivity contribution in [2.45, 2.75) is 133 Å². The fourth-order valence-electron chi connectivity index (χ4n) is 7.44. The molecule has 1 aliphatic carbocycles. The highest BCUT2D eigenvalue weighted by molar-refractivity contribution is 7.99. The van der Waals surface area contributed by atoms with E-state index in [1.165, 1.54) is 28.6 Å². The molecule has 1 aromatic carbocycles. The fraction of sp³-hybridized carbons (Fsp3) is 0.571. The van der Waals surface area contributed by atoms with Crippen LogP contribution in [-0.2, 0) is 21.4 Å². The van der Waals surface area contributed by atoms with Crippen LogP contribution in [0, 0.1) is 0 Å². The summed E-state index contributed by atoms with van der Waals surface area (Å²) in [5, 5.41) is 11.3. The standard InChI is InChI=1S/C42H56ClN7O7S/c1-7-42(40(54)48-58-41(4)20-21-41)19-14-12-10-8-9-11-13-15-31(44-37(51)30-18-22-49(5)47-30)39(53)50-25-27(23-32(50)38(52)46-42)57-33-24-34(56-26(2)3)45-35-28(33)16-17-29(43)36(35)55-6/h10,12,16-18,22,24,26-27,31-32H,7-9,11,13-15,19-21,23,25H2,1-6H3,(H,44,51)(H,46,52)(H,48,54)/b12-10-/t27-,31+,32+,42+/m1/s1. The number of hydrogen-bond donors (Lipinski definition) is 3. The van der Waals surface area contributed by atoms with E-state index in [1.807, 2.05) is 20.8 Å². The first-order valence-electron chi connectivity index (χ1n) is 20.3. The average molecular weight is 838 g/mol. The van der Waals surface area contributed by atoms with Crippen LogP contribution >= 0.6 is 23.5 Å². The predicted molar refractivity (Wildman–Crippen MR) is 224 cm³/mol. The molecule has 314 valence electrons. The second kappa shape index (κ2) is 18.6. The molecule has 4 heterocycles. The highest BCUT2D eigenvalue weighted by Crippen LogP contribution is 2.46. The summed E-state index contributed by atoms with van der Waals surface area (Å²) in [7, 11) is 3.22. The van der Waals surface area contributed by atoms with Crippen molar-refractivity contribution in [1.82, 2.24) is 35.0 Å². The number of carbonyl (C=O) groups is 4. The van der Waals surface area contributed by atoms with E-state index in [-0.39, 0.29) is 35.4 Å². The number of aryl methyl sites for hydroxylation is 1. The Hall–Kier alpha value is -4.50. The minimum Gasteiger partial charge on any atom is -0.493 e. The molecule has 16 heteroatoms. The summed E-state index contributed by atoms with van der Waals surface area (Å²) in [5.41, 5.74) is -0.624. The Labute approximate surface area is 349 Å². The van der Waals surface area contributed by atoms with Crippen molar-refractivity contribution >= 4 is 58.1 Å². The number of halogens is 1. The first-order chi connectivity index (χ1) is 27.7.